The standard InChI is InChI=1S/C14H15N3O2/c1-2-10(7-12-9(1)3-5-15-12)14-16-13(17-19-14)11-4-6-18-8-11/h1-2,7,11,15H,3-6,8H2. The van der Waals surface area contributed by atoms with Gasteiger partial charge in [0.05, 0.1) is 6.61 Å². The Bertz CT molecular complexity index is 602. The molecule has 1 fully saturated rings. The number of benzene rings is 1. The number of nitrogens with zero attached hydrogens (tertiary/aromatic N) is 2. The van der Waals surface area contributed by atoms with Gasteiger partial charge in [0.1, 0.15) is 0 Å². The lowest BCUT2D eigenvalue weighted by Crippen LogP contribution is -1.99. The van der Waals surface area contributed by atoms with Crippen molar-refractivity contribution in [3.8, 4) is 11.5 Å². The summed E-state index contributed by atoms with van der Waals surface area (Å²) in [7, 11) is 0. The molecule has 2 aliphatic heterocycles. The van der Waals surface area contributed by atoms with Crippen LogP contribution in [0.4, 0.5) is 5.69 Å². The van der Waals surface area contributed by atoms with Crippen LogP contribution in [0.5, 0.6) is 0 Å². The van der Waals surface area contributed by atoms with Gasteiger partial charge in [-0.05, 0) is 30.5 Å². The molecule has 1 atom stereocenters. The Morgan fingerprint density at radius 1 is 1.32 bits per heavy atom. The summed E-state index contributed by atoms with van der Waals surface area (Å²) in [6.45, 7) is 2.50. The number of hydrogen-bond donors (Lipinski definition) is 1. The highest BCUT2D eigenvalue weighted by Crippen LogP contribution is 2.30. The molecule has 2 aromatic rings. The fourth-order valence-corrected chi connectivity index (χ4v) is 2.68. The number of rotatable bonds is 2. The Hall–Kier alpha value is -1.88. The number of ether oxygens (including phenoxy) is 1. The zero-order valence-corrected chi connectivity index (χ0v) is 10.6. The van der Waals surface area contributed by atoms with Gasteiger partial charge in [0, 0.05) is 30.3 Å². The van der Waals surface area contributed by atoms with Gasteiger partial charge in [-0.15, -0.1) is 0 Å². The van der Waals surface area contributed by atoms with Crippen LogP contribution in [0.2, 0.25) is 0 Å². The van der Waals surface area contributed by atoms with E-state index in [9.17, 15) is 0 Å². The molecule has 3 heterocycles. The number of aromatic nitrogens is 2. The molecule has 1 aromatic heterocycles. The highest BCUT2D eigenvalue weighted by molar-refractivity contribution is 5.66. The van der Waals surface area contributed by atoms with Crippen LogP contribution in [0.3, 0.4) is 0 Å². The van der Waals surface area contributed by atoms with Crippen molar-refractivity contribution in [3.05, 3.63) is 29.6 Å². The summed E-state index contributed by atoms with van der Waals surface area (Å²) in [6, 6.07) is 6.27. The van der Waals surface area contributed by atoms with Crippen LogP contribution < -0.4 is 5.32 Å². The quantitative estimate of drug-likeness (QED) is 0.893. The van der Waals surface area contributed by atoms with Gasteiger partial charge in [-0.3, -0.25) is 0 Å². The average Bonchev–Trinajstić information content (AvgIpc) is 3.18. The first-order chi connectivity index (χ1) is 9.40. The lowest BCUT2D eigenvalue weighted by molar-refractivity contribution is 0.192. The van der Waals surface area contributed by atoms with E-state index in [1.54, 1.807) is 0 Å². The Kier molecular flexibility index (Phi) is 2.51. The number of nitrogens with one attached hydrogen (secondary N) is 1. The number of hydrogen-bond acceptors (Lipinski definition) is 5. The van der Waals surface area contributed by atoms with Crippen LogP contribution in [-0.2, 0) is 11.2 Å². The van der Waals surface area contributed by atoms with Crippen molar-refractivity contribution < 1.29 is 9.26 Å². The van der Waals surface area contributed by atoms with Crippen LogP contribution in [0, 0.1) is 0 Å². The van der Waals surface area contributed by atoms with Gasteiger partial charge in [0.15, 0.2) is 5.82 Å². The van der Waals surface area contributed by atoms with E-state index in [2.05, 4.69) is 27.6 Å². The van der Waals surface area contributed by atoms with Crippen molar-refractivity contribution >= 4 is 5.69 Å². The summed E-state index contributed by atoms with van der Waals surface area (Å²) in [5.41, 5.74) is 3.51. The molecule has 1 aromatic carbocycles. The van der Waals surface area contributed by atoms with E-state index in [-0.39, 0.29) is 5.92 Å². The highest BCUT2D eigenvalue weighted by atomic mass is 16.5. The first kappa shape index (κ1) is 11.0. The summed E-state index contributed by atoms with van der Waals surface area (Å²) in [5.74, 6) is 1.64. The molecular weight excluding hydrogens is 242 g/mol. The van der Waals surface area contributed by atoms with Crippen molar-refractivity contribution in [3.63, 3.8) is 0 Å². The molecule has 0 saturated carbocycles. The third kappa shape index (κ3) is 1.90. The summed E-state index contributed by atoms with van der Waals surface area (Å²) in [6.07, 6.45) is 2.06. The van der Waals surface area contributed by atoms with E-state index in [1.165, 1.54) is 11.3 Å². The monoisotopic (exact) mass is 257 g/mol. The van der Waals surface area contributed by atoms with E-state index in [0.717, 1.165) is 37.4 Å². The molecule has 5 heteroatoms. The van der Waals surface area contributed by atoms with Gasteiger partial charge in [-0.25, -0.2) is 0 Å². The SMILES string of the molecule is c1cc2c(cc1-c1nc(C3CCOC3)no1)NCC2. The van der Waals surface area contributed by atoms with Gasteiger partial charge < -0.3 is 14.6 Å². The average molecular weight is 257 g/mol. The Balaban J connectivity index is 1.65. The maximum atomic E-state index is 5.38. The predicted molar refractivity (Wildman–Crippen MR) is 70.1 cm³/mol. The molecule has 2 aliphatic rings. The second-order valence-electron chi connectivity index (χ2n) is 5.07. The van der Waals surface area contributed by atoms with Crippen LogP contribution in [0.1, 0.15) is 23.7 Å². The van der Waals surface area contributed by atoms with E-state index in [4.69, 9.17) is 9.26 Å². The fraction of sp³-hybridized carbons (Fsp3) is 0.429. The number of fused-ring (bicyclic) bond motifs is 1. The maximum Gasteiger partial charge on any atom is 0.258 e. The zero-order chi connectivity index (χ0) is 12.7. The minimum Gasteiger partial charge on any atom is -0.384 e. The summed E-state index contributed by atoms with van der Waals surface area (Å²) in [5, 5.41) is 7.44. The molecule has 98 valence electrons. The molecule has 0 radical (unpaired) electrons. The topological polar surface area (TPSA) is 60.2 Å². The lowest BCUT2D eigenvalue weighted by Gasteiger charge is -2.01. The molecule has 1 N–H and O–H groups in total. The minimum absolute atomic E-state index is 0.282. The summed E-state index contributed by atoms with van der Waals surface area (Å²) >= 11 is 0. The van der Waals surface area contributed by atoms with Gasteiger partial charge in [0.2, 0.25) is 0 Å². The van der Waals surface area contributed by atoms with E-state index in [0.29, 0.717) is 12.5 Å². The molecular formula is C14H15N3O2. The lowest BCUT2D eigenvalue weighted by atomic mass is 10.1. The number of anilines is 1. The highest BCUT2D eigenvalue weighted by Gasteiger charge is 2.23. The van der Waals surface area contributed by atoms with Gasteiger partial charge in [-0.2, -0.15) is 4.98 Å². The smallest absolute Gasteiger partial charge is 0.258 e. The molecule has 0 amide bonds. The Morgan fingerprint density at radius 3 is 3.21 bits per heavy atom. The van der Waals surface area contributed by atoms with Gasteiger partial charge in [-0.1, -0.05) is 11.2 Å². The Morgan fingerprint density at radius 2 is 2.32 bits per heavy atom. The molecule has 1 saturated heterocycles. The second kappa shape index (κ2) is 4.35. The minimum atomic E-state index is 0.282. The van der Waals surface area contributed by atoms with Gasteiger partial charge in [0.25, 0.3) is 5.89 Å². The molecule has 1 unspecified atom stereocenters. The zero-order valence-electron chi connectivity index (χ0n) is 10.6. The van der Waals surface area contributed by atoms with Crippen molar-refractivity contribution in [2.24, 2.45) is 0 Å². The predicted octanol–water partition coefficient (Wildman–Crippen LogP) is 2.21. The van der Waals surface area contributed by atoms with Crippen LogP contribution in [0.15, 0.2) is 22.7 Å². The molecule has 0 bridgehead atoms. The van der Waals surface area contributed by atoms with Crippen molar-refractivity contribution in [1.29, 1.82) is 0 Å². The molecule has 5 nitrogen and oxygen atoms in total. The van der Waals surface area contributed by atoms with Crippen LogP contribution >= 0.6 is 0 Å². The fourth-order valence-electron chi connectivity index (χ4n) is 2.68. The normalized spacial score (nSPS) is 21.4. The third-order valence-electron chi connectivity index (χ3n) is 3.80. The van der Waals surface area contributed by atoms with E-state index in [1.807, 2.05) is 6.07 Å². The van der Waals surface area contributed by atoms with Crippen molar-refractivity contribution in [2.45, 2.75) is 18.8 Å². The van der Waals surface area contributed by atoms with Crippen molar-refractivity contribution in [1.82, 2.24) is 10.1 Å². The Labute approximate surface area is 111 Å². The van der Waals surface area contributed by atoms with Crippen LogP contribution in [0.25, 0.3) is 11.5 Å². The summed E-state index contributed by atoms with van der Waals surface area (Å²) < 4.78 is 10.7. The van der Waals surface area contributed by atoms with Crippen LogP contribution in [-0.4, -0.2) is 29.9 Å². The summed E-state index contributed by atoms with van der Waals surface area (Å²) in [4.78, 5) is 4.50. The van der Waals surface area contributed by atoms with E-state index >= 15 is 0 Å². The molecule has 0 spiro atoms. The van der Waals surface area contributed by atoms with E-state index < -0.39 is 0 Å². The van der Waals surface area contributed by atoms with Crippen molar-refractivity contribution in [2.75, 3.05) is 25.1 Å². The largest absolute Gasteiger partial charge is 0.384 e. The molecule has 19 heavy (non-hydrogen) atoms. The molecule has 0 aliphatic carbocycles. The second-order valence-corrected chi connectivity index (χ2v) is 5.07. The third-order valence-corrected chi connectivity index (χ3v) is 3.80. The van der Waals surface area contributed by atoms with Gasteiger partial charge >= 0.3 is 0 Å². The maximum absolute atomic E-state index is 5.38. The first-order valence-electron chi connectivity index (χ1n) is 6.69. The first-order valence-corrected chi connectivity index (χ1v) is 6.69. The molecule has 4 rings (SSSR count).